The van der Waals surface area contributed by atoms with Crippen LogP contribution in [0.1, 0.15) is 57.6 Å². The smallest absolute Gasteiger partial charge is 0.410 e. The number of halogens is 2. The Kier molecular flexibility index (Phi) is 7.26. The van der Waals surface area contributed by atoms with E-state index in [9.17, 15) is 17.6 Å². The van der Waals surface area contributed by atoms with Crippen molar-refractivity contribution in [1.82, 2.24) is 14.5 Å². The Balaban J connectivity index is 1.50. The quantitative estimate of drug-likeness (QED) is 0.560. The third kappa shape index (κ3) is 5.37. The average Bonchev–Trinajstić information content (AvgIpc) is 3.63. The zero-order chi connectivity index (χ0) is 26.4. The van der Waals surface area contributed by atoms with Crippen LogP contribution in [0.5, 0.6) is 0 Å². The maximum Gasteiger partial charge on any atom is 0.410 e. The lowest BCUT2D eigenvalue weighted by atomic mass is 9.90. The molecular formula is C27H33ClFN3O4S. The average molecular weight is 550 g/mol. The van der Waals surface area contributed by atoms with Gasteiger partial charge in [-0.3, -0.25) is 0 Å². The van der Waals surface area contributed by atoms with Gasteiger partial charge < -0.3 is 15.0 Å². The normalized spacial score (nSPS) is 28.1. The van der Waals surface area contributed by atoms with Gasteiger partial charge in [0.2, 0.25) is 10.0 Å². The summed E-state index contributed by atoms with van der Waals surface area (Å²) in [6.45, 7) is 5.10. The van der Waals surface area contributed by atoms with Crippen molar-refractivity contribution in [3.63, 3.8) is 0 Å². The Labute approximate surface area is 223 Å². The first-order chi connectivity index (χ1) is 17.6. The maximum absolute atomic E-state index is 14.2. The molecule has 2 heterocycles. The third-order valence-electron chi connectivity index (χ3n) is 7.65. The summed E-state index contributed by atoms with van der Waals surface area (Å²) < 4.78 is 50.2. The molecule has 37 heavy (non-hydrogen) atoms. The molecule has 1 amide bonds. The predicted molar refractivity (Wildman–Crippen MR) is 139 cm³/mol. The van der Waals surface area contributed by atoms with Gasteiger partial charge in [-0.25, -0.2) is 17.6 Å². The van der Waals surface area contributed by atoms with Crippen LogP contribution in [0.25, 0.3) is 0 Å². The first-order valence-corrected chi connectivity index (χ1v) is 14.7. The lowest BCUT2D eigenvalue weighted by Gasteiger charge is -2.45. The molecule has 2 aromatic rings. The van der Waals surface area contributed by atoms with Crippen molar-refractivity contribution in [3.8, 4) is 0 Å². The number of carbonyl (C=O) groups is 1. The molecule has 1 aliphatic carbocycles. The van der Waals surface area contributed by atoms with Crippen LogP contribution in [-0.4, -0.2) is 60.5 Å². The number of sulfonamides is 1. The highest BCUT2D eigenvalue weighted by atomic mass is 35.5. The van der Waals surface area contributed by atoms with E-state index in [0.717, 1.165) is 6.42 Å². The summed E-state index contributed by atoms with van der Waals surface area (Å²) in [5.41, 5.74) is -0.311. The number of carbonyl (C=O) groups excluding carboxylic acids is 1. The lowest BCUT2D eigenvalue weighted by molar-refractivity contribution is -0.0131. The summed E-state index contributed by atoms with van der Waals surface area (Å²) in [7, 11) is -4.02. The van der Waals surface area contributed by atoms with E-state index >= 15 is 0 Å². The van der Waals surface area contributed by atoms with E-state index in [1.807, 2.05) is 13.8 Å². The molecular weight excluding hydrogens is 517 g/mol. The highest BCUT2D eigenvalue weighted by molar-refractivity contribution is 7.89. The van der Waals surface area contributed by atoms with E-state index in [-0.39, 0.29) is 17.0 Å². The number of amides is 1. The van der Waals surface area contributed by atoms with Gasteiger partial charge in [0.25, 0.3) is 0 Å². The van der Waals surface area contributed by atoms with Crippen molar-refractivity contribution < 1.29 is 22.3 Å². The van der Waals surface area contributed by atoms with Crippen molar-refractivity contribution in [2.75, 3.05) is 13.1 Å². The van der Waals surface area contributed by atoms with Crippen molar-refractivity contribution in [3.05, 3.63) is 64.9 Å². The number of benzene rings is 2. The summed E-state index contributed by atoms with van der Waals surface area (Å²) in [5, 5.41) is 3.84. The van der Waals surface area contributed by atoms with Crippen LogP contribution in [-0.2, 0) is 14.8 Å². The van der Waals surface area contributed by atoms with E-state index in [2.05, 4.69) is 5.32 Å². The fourth-order valence-electron chi connectivity index (χ4n) is 5.90. The molecule has 3 fully saturated rings. The summed E-state index contributed by atoms with van der Waals surface area (Å²) in [5.74, 6) is -0.419. The second-order valence-corrected chi connectivity index (χ2v) is 12.9. The number of nitrogens with one attached hydrogen (secondary N) is 1. The molecule has 10 heteroatoms. The van der Waals surface area contributed by atoms with Crippen molar-refractivity contribution >= 4 is 27.7 Å². The summed E-state index contributed by atoms with van der Waals surface area (Å²) in [4.78, 5) is 15.1. The van der Waals surface area contributed by atoms with Gasteiger partial charge in [0.05, 0.1) is 17.0 Å². The van der Waals surface area contributed by atoms with Crippen LogP contribution < -0.4 is 5.32 Å². The molecule has 1 N–H and O–H groups in total. The molecule has 2 aromatic carbocycles. The number of hydrogen-bond acceptors (Lipinski definition) is 5. The Bertz CT molecular complexity index is 1240. The molecule has 0 spiro atoms. The van der Waals surface area contributed by atoms with Gasteiger partial charge in [-0.15, -0.1) is 0 Å². The minimum absolute atomic E-state index is 0.108. The number of piperazine rings is 1. The van der Waals surface area contributed by atoms with Gasteiger partial charge >= 0.3 is 6.09 Å². The Morgan fingerprint density at radius 3 is 2.38 bits per heavy atom. The zero-order valence-corrected chi connectivity index (χ0v) is 22.6. The van der Waals surface area contributed by atoms with Gasteiger partial charge in [-0.05, 0) is 87.9 Å². The van der Waals surface area contributed by atoms with Gasteiger partial charge in [-0.2, -0.15) is 4.31 Å². The molecule has 4 atom stereocenters. The fraction of sp³-hybridized carbons (Fsp3) is 0.519. The first kappa shape index (κ1) is 26.4. The van der Waals surface area contributed by atoms with Crippen molar-refractivity contribution in [2.24, 2.45) is 0 Å². The van der Waals surface area contributed by atoms with Crippen LogP contribution in [0.15, 0.2) is 53.4 Å². The number of ether oxygens (including phenoxy) is 1. The molecule has 0 aromatic heterocycles. The molecule has 0 radical (unpaired) electrons. The minimum atomic E-state index is -4.02. The molecule has 2 aliphatic heterocycles. The third-order valence-corrected chi connectivity index (χ3v) is 9.83. The monoisotopic (exact) mass is 549 g/mol. The number of piperidine rings is 1. The van der Waals surface area contributed by atoms with Crippen molar-refractivity contribution in [2.45, 2.75) is 80.6 Å². The van der Waals surface area contributed by atoms with E-state index in [1.165, 1.54) is 28.6 Å². The summed E-state index contributed by atoms with van der Waals surface area (Å²) >= 11 is 6.04. The molecule has 3 aliphatic rings. The summed E-state index contributed by atoms with van der Waals surface area (Å²) in [6.07, 6.45) is 2.60. The molecule has 1 saturated carbocycles. The Morgan fingerprint density at radius 1 is 1.08 bits per heavy atom. The number of rotatable bonds is 5. The van der Waals surface area contributed by atoms with Crippen LogP contribution in [0.4, 0.5) is 9.18 Å². The van der Waals surface area contributed by atoms with Gasteiger partial charge in [-0.1, -0.05) is 23.7 Å². The predicted octanol–water partition coefficient (Wildman–Crippen LogP) is 5.12. The Hall–Kier alpha value is -2.20. The SMILES string of the molecule is CC1CN(C(=O)OC2(C3CCCC(c4cccc(F)c4)N3S(=O)(=O)c3ccc(Cl)cc3)CC2)CC(C)N1. The second kappa shape index (κ2) is 10.2. The largest absolute Gasteiger partial charge is 0.441 e. The number of nitrogens with zero attached hydrogens (tertiary/aromatic N) is 2. The van der Waals surface area contributed by atoms with Crippen LogP contribution >= 0.6 is 11.6 Å². The van der Waals surface area contributed by atoms with Crippen LogP contribution in [0.2, 0.25) is 5.02 Å². The molecule has 0 bridgehead atoms. The molecule has 5 rings (SSSR count). The van der Waals surface area contributed by atoms with Gasteiger partial charge in [0.15, 0.2) is 0 Å². The molecule has 4 unspecified atom stereocenters. The number of hydrogen-bond donors (Lipinski definition) is 1. The standard InChI is InChI=1S/C27H33ClFN3O4S/c1-18-16-31(17-19(2)30-18)26(33)36-27(13-14-27)25-8-4-7-24(20-5-3-6-22(29)15-20)32(25)37(34,35)23-11-9-21(28)10-12-23/h3,5-6,9-12,15,18-19,24-25,30H,4,7-8,13-14,16-17H2,1-2H3. The highest BCUT2D eigenvalue weighted by Gasteiger charge is 2.60. The van der Waals surface area contributed by atoms with Crippen molar-refractivity contribution in [1.29, 1.82) is 0 Å². The topological polar surface area (TPSA) is 79.0 Å². The van der Waals surface area contributed by atoms with E-state index < -0.39 is 39.6 Å². The molecule has 7 nitrogen and oxygen atoms in total. The molecule has 2 saturated heterocycles. The molecule has 200 valence electrons. The maximum atomic E-state index is 14.2. The zero-order valence-electron chi connectivity index (χ0n) is 21.1. The first-order valence-electron chi connectivity index (χ1n) is 12.9. The minimum Gasteiger partial charge on any atom is -0.441 e. The van der Waals surface area contributed by atoms with E-state index in [0.29, 0.717) is 49.4 Å². The van der Waals surface area contributed by atoms with Gasteiger partial charge in [0.1, 0.15) is 11.4 Å². The van der Waals surface area contributed by atoms with Crippen LogP contribution in [0, 0.1) is 5.82 Å². The van der Waals surface area contributed by atoms with E-state index in [1.54, 1.807) is 29.2 Å². The second-order valence-electron chi connectivity index (χ2n) is 10.6. The van der Waals surface area contributed by atoms with E-state index in [4.69, 9.17) is 16.3 Å². The Morgan fingerprint density at radius 2 is 1.76 bits per heavy atom. The lowest BCUT2D eigenvalue weighted by Crippen LogP contribution is -2.58. The summed E-state index contributed by atoms with van der Waals surface area (Å²) in [6, 6.07) is 11.3. The van der Waals surface area contributed by atoms with Gasteiger partial charge in [0, 0.05) is 30.2 Å². The highest BCUT2D eigenvalue weighted by Crippen LogP contribution is 2.52. The van der Waals surface area contributed by atoms with Crippen LogP contribution in [0.3, 0.4) is 0 Å². The fourth-order valence-corrected chi connectivity index (χ4v) is 7.95.